The molecule has 0 N–H and O–H groups in total. The molecule has 0 heterocycles. The number of hydrogen-bond donors (Lipinski definition) is 0. The predicted molar refractivity (Wildman–Crippen MR) is 137 cm³/mol. The SMILES string of the molecule is CCCCOC(=O)c1ccccc1S(=O)(=O)Oc1ccc(CN(C(=O)c2cccc(F)c2)C(C)C)cc1. The van der Waals surface area contributed by atoms with Crippen LogP contribution in [0.25, 0.3) is 0 Å². The van der Waals surface area contributed by atoms with E-state index in [1.807, 2.05) is 20.8 Å². The average molecular weight is 528 g/mol. The predicted octanol–water partition coefficient (Wildman–Crippen LogP) is 5.60. The fraction of sp³-hybridized carbons (Fsp3) is 0.286. The normalized spacial score (nSPS) is 11.3. The summed E-state index contributed by atoms with van der Waals surface area (Å²) < 4.78 is 50.0. The Hall–Kier alpha value is -3.72. The fourth-order valence-corrected chi connectivity index (χ4v) is 4.66. The standard InChI is InChI=1S/C28H30FNO6S/c1-4-5-17-35-28(32)25-11-6-7-12-26(25)37(33,34)36-24-15-13-21(14-16-24)19-30(20(2)3)27(31)22-9-8-10-23(29)18-22/h6-16,18,20H,4-5,17,19H2,1-3H3. The third-order valence-corrected chi connectivity index (χ3v) is 6.85. The maximum atomic E-state index is 13.6. The van der Waals surface area contributed by atoms with Crippen LogP contribution in [0.15, 0.2) is 77.7 Å². The largest absolute Gasteiger partial charge is 0.462 e. The first-order chi connectivity index (χ1) is 17.6. The first-order valence-electron chi connectivity index (χ1n) is 12.0. The third-order valence-electron chi connectivity index (χ3n) is 5.55. The van der Waals surface area contributed by atoms with Crippen molar-refractivity contribution in [2.45, 2.75) is 51.1 Å². The zero-order valence-electron chi connectivity index (χ0n) is 21.0. The van der Waals surface area contributed by atoms with Crippen LogP contribution < -0.4 is 4.18 Å². The lowest BCUT2D eigenvalue weighted by Gasteiger charge is -2.27. The van der Waals surface area contributed by atoms with Gasteiger partial charge in [-0.1, -0.05) is 43.7 Å². The van der Waals surface area contributed by atoms with E-state index in [-0.39, 0.29) is 46.9 Å². The zero-order valence-corrected chi connectivity index (χ0v) is 21.8. The molecular weight excluding hydrogens is 497 g/mol. The molecular formula is C28H30FNO6S. The van der Waals surface area contributed by atoms with Crippen molar-refractivity contribution in [1.29, 1.82) is 0 Å². The minimum atomic E-state index is -4.32. The minimum Gasteiger partial charge on any atom is -0.462 e. The molecule has 0 bridgehead atoms. The van der Waals surface area contributed by atoms with Gasteiger partial charge in [-0.25, -0.2) is 9.18 Å². The molecule has 3 rings (SSSR count). The number of esters is 1. The number of benzene rings is 3. The highest BCUT2D eigenvalue weighted by Gasteiger charge is 2.25. The number of halogens is 1. The highest BCUT2D eigenvalue weighted by Crippen LogP contribution is 2.24. The van der Waals surface area contributed by atoms with Gasteiger partial charge in [-0.05, 0) is 68.3 Å². The van der Waals surface area contributed by atoms with Gasteiger partial charge in [0.25, 0.3) is 5.91 Å². The molecule has 0 aliphatic rings. The zero-order chi connectivity index (χ0) is 27.0. The molecule has 0 saturated heterocycles. The van der Waals surface area contributed by atoms with Gasteiger partial charge in [0.15, 0.2) is 0 Å². The van der Waals surface area contributed by atoms with E-state index >= 15 is 0 Å². The summed E-state index contributed by atoms with van der Waals surface area (Å²) in [5.41, 5.74) is 0.869. The van der Waals surface area contributed by atoms with Crippen LogP contribution in [-0.4, -0.2) is 37.8 Å². The first-order valence-corrected chi connectivity index (χ1v) is 13.4. The molecule has 0 fully saturated rings. The molecule has 37 heavy (non-hydrogen) atoms. The van der Waals surface area contributed by atoms with E-state index in [9.17, 15) is 22.4 Å². The molecule has 0 spiro atoms. The summed E-state index contributed by atoms with van der Waals surface area (Å²) >= 11 is 0. The average Bonchev–Trinajstić information content (AvgIpc) is 2.87. The second-order valence-corrected chi connectivity index (χ2v) is 10.2. The molecule has 0 radical (unpaired) electrons. The summed E-state index contributed by atoms with van der Waals surface area (Å²) in [4.78, 5) is 26.7. The van der Waals surface area contributed by atoms with Crippen LogP contribution in [0.4, 0.5) is 4.39 Å². The molecule has 196 valence electrons. The third kappa shape index (κ3) is 7.39. The van der Waals surface area contributed by atoms with E-state index in [4.69, 9.17) is 8.92 Å². The Bertz CT molecular complexity index is 1340. The molecule has 0 aliphatic heterocycles. The van der Waals surface area contributed by atoms with Gasteiger partial charge in [-0.15, -0.1) is 0 Å². The van der Waals surface area contributed by atoms with Crippen molar-refractivity contribution in [1.82, 2.24) is 4.90 Å². The molecule has 0 aromatic heterocycles. The molecule has 0 unspecified atom stereocenters. The molecule has 1 amide bonds. The van der Waals surface area contributed by atoms with Gasteiger partial charge < -0.3 is 13.8 Å². The van der Waals surface area contributed by atoms with E-state index in [0.29, 0.717) is 6.42 Å². The van der Waals surface area contributed by atoms with Gasteiger partial charge >= 0.3 is 16.1 Å². The van der Waals surface area contributed by atoms with Crippen molar-refractivity contribution in [3.8, 4) is 5.75 Å². The van der Waals surface area contributed by atoms with Crippen molar-refractivity contribution in [2.24, 2.45) is 0 Å². The quantitative estimate of drug-likeness (QED) is 0.183. The number of amides is 1. The summed E-state index contributed by atoms with van der Waals surface area (Å²) in [5.74, 6) is -1.50. The number of carbonyl (C=O) groups excluding carboxylic acids is 2. The number of carbonyl (C=O) groups is 2. The number of unbranched alkanes of at least 4 members (excludes halogenated alkanes) is 1. The van der Waals surface area contributed by atoms with Crippen LogP contribution in [0.5, 0.6) is 5.75 Å². The molecule has 0 atom stereocenters. The second-order valence-electron chi connectivity index (χ2n) is 8.70. The van der Waals surface area contributed by atoms with Crippen LogP contribution in [0.2, 0.25) is 0 Å². The minimum absolute atomic E-state index is 0.0467. The van der Waals surface area contributed by atoms with E-state index < -0.39 is 21.9 Å². The van der Waals surface area contributed by atoms with Crippen molar-refractivity contribution in [2.75, 3.05) is 6.61 Å². The van der Waals surface area contributed by atoms with Crippen molar-refractivity contribution >= 4 is 22.0 Å². The van der Waals surface area contributed by atoms with E-state index in [1.165, 1.54) is 48.5 Å². The highest BCUT2D eigenvalue weighted by atomic mass is 32.2. The van der Waals surface area contributed by atoms with Crippen molar-refractivity contribution in [3.63, 3.8) is 0 Å². The Morgan fingerprint density at radius 1 is 0.973 bits per heavy atom. The Kier molecular flexibility index (Phi) is 9.41. The number of hydrogen-bond acceptors (Lipinski definition) is 6. The Morgan fingerprint density at radius 3 is 2.32 bits per heavy atom. The van der Waals surface area contributed by atoms with Crippen molar-refractivity contribution < 1.29 is 31.3 Å². The van der Waals surface area contributed by atoms with E-state index in [0.717, 1.165) is 12.0 Å². The molecule has 3 aromatic carbocycles. The number of ether oxygens (including phenoxy) is 1. The van der Waals surface area contributed by atoms with E-state index in [2.05, 4.69) is 0 Å². The summed E-state index contributed by atoms with van der Waals surface area (Å²) in [6.45, 7) is 6.08. The van der Waals surface area contributed by atoms with Crippen LogP contribution in [0.1, 0.15) is 59.9 Å². The number of nitrogens with zero attached hydrogens (tertiary/aromatic N) is 1. The monoisotopic (exact) mass is 527 g/mol. The summed E-state index contributed by atoms with van der Waals surface area (Å²) in [6, 6.07) is 17.3. The van der Waals surface area contributed by atoms with Gasteiger partial charge in [-0.2, -0.15) is 8.42 Å². The second kappa shape index (κ2) is 12.5. The maximum absolute atomic E-state index is 13.6. The Morgan fingerprint density at radius 2 is 1.68 bits per heavy atom. The lowest BCUT2D eigenvalue weighted by molar-refractivity contribution is 0.0494. The summed E-state index contributed by atoms with van der Waals surface area (Å²) in [7, 11) is -4.32. The smallest absolute Gasteiger partial charge is 0.340 e. The molecule has 0 aliphatic carbocycles. The van der Waals surface area contributed by atoms with Crippen molar-refractivity contribution in [3.05, 3.63) is 95.3 Å². The van der Waals surface area contributed by atoms with Gasteiger partial charge in [-0.3, -0.25) is 4.79 Å². The summed E-state index contributed by atoms with van der Waals surface area (Å²) in [5, 5.41) is 0. The van der Waals surface area contributed by atoms with E-state index in [1.54, 1.807) is 29.2 Å². The molecule has 9 heteroatoms. The van der Waals surface area contributed by atoms with Crippen LogP contribution in [0.3, 0.4) is 0 Å². The molecule has 7 nitrogen and oxygen atoms in total. The Labute approximate surface area is 217 Å². The van der Waals surface area contributed by atoms with Crippen LogP contribution >= 0.6 is 0 Å². The fourth-order valence-electron chi connectivity index (χ4n) is 3.54. The lowest BCUT2D eigenvalue weighted by Crippen LogP contribution is -2.36. The van der Waals surface area contributed by atoms with Gasteiger partial charge in [0.1, 0.15) is 16.5 Å². The topological polar surface area (TPSA) is 90.0 Å². The van der Waals surface area contributed by atoms with Gasteiger partial charge in [0.2, 0.25) is 0 Å². The lowest BCUT2D eigenvalue weighted by atomic mass is 10.1. The Balaban J connectivity index is 1.75. The van der Waals surface area contributed by atoms with Crippen LogP contribution in [0, 0.1) is 5.82 Å². The maximum Gasteiger partial charge on any atom is 0.340 e. The summed E-state index contributed by atoms with van der Waals surface area (Å²) in [6.07, 6.45) is 1.51. The van der Waals surface area contributed by atoms with Gasteiger partial charge in [0.05, 0.1) is 12.2 Å². The van der Waals surface area contributed by atoms with Gasteiger partial charge in [0, 0.05) is 18.2 Å². The molecule has 3 aromatic rings. The number of rotatable bonds is 11. The van der Waals surface area contributed by atoms with Crippen LogP contribution in [-0.2, 0) is 21.4 Å². The molecule has 0 saturated carbocycles. The first kappa shape index (κ1) is 27.9. The highest BCUT2D eigenvalue weighted by molar-refractivity contribution is 7.87.